The van der Waals surface area contributed by atoms with E-state index < -0.39 is 5.97 Å². The van der Waals surface area contributed by atoms with Crippen LogP contribution in [0.5, 0.6) is 0 Å². The summed E-state index contributed by atoms with van der Waals surface area (Å²) in [5, 5.41) is 11.8. The highest BCUT2D eigenvalue weighted by Crippen LogP contribution is 2.27. The number of urea groups is 1. The molecule has 0 aromatic heterocycles. The summed E-state index contributed by atoms with van der Waals surface area (Å²) in [6.45, 7) is 0.875. The van der Waals surface area contributed by atoms with Crippen LogP contribution >= 0.6 is 0 Å². The Bertz CT molecular complexity index is 788. The van der Waals surface area contributed by atoms with Gasteiger partial charge >= 0.3 is 12.0 Å². The first-order valence-corrected chi connectivity index (χ1v) is 8.64. The van der Waals surface area contributed by atoms with Crippen LogP contribution in [-0.4, -0.2) is 34.6 Å². The summed E-state index contributed by atoms with van der Waals surface area (Å²) in [7, 11) is 0. The predicted octanol–water partition coefficient (Wildman–Crippen LogP) is 3.44. The van der Waals surface area contributed by atoms with Crippen molar-refractivity contribution in [2.75, 3.05) is 6.54 Å². The molecule has 0 unspecified atom stereocenters. The average molecular weight is 356 g/mol. The van der Waals surface area contributed by atoms with Crippen molar-refractivity contribution in [2.24, 2.45) is 0 Å². The van der Waals surface area contributed by atoms with E-state index in [2.05, 4.69) is 5.32 Å². The molecule has 0 atom stereocenters. The molecule has 1 saturated carbocycles. The maximum atomic E-state index is 13.3. The average Bonchev–Trinajstić information content (AvgIpc) is 3.45. The van der Waals surface area contributed by atoms with Gasteiger partial charge in [-0.1, -0.05) is 24.3 Å². The van der Waals surface area contributed by atoms with Gasteiger partial charge in [-0.05, 0) is 54.7 Å². The van der Waals surface area contributed by atoms with Crippen LogP contribution in [0.3, 0.4) is 0 Å². The lowest BCUT2D eigenvalue weighted by atomic mass is 10.1. The molecule has 2 amide bonds. The highest BCUT2D eigenvalue weighted by Gasteiger charge is 2.32. The van der Waals surface area contributed by atoms with Crippen molar-refractivity contribution in [3.63, 3.8) is 0 Å². The third-order valence-electron chi connectivity index (χ3n) is 4.42. The fraction of sp³-hybridized carbons (Fsp3) is 0.300. The molecule has 1 aliphatic rings. The number of carbonyl (C=O) groups is 2. The number of carbonyl (C=O) groups excluding carboxylic acids is 1. The molecule has 1 aliphatic carbocycles. The molecule has 136 valence electrons. The first-order valence-electron chi connectivity index (χ1n) is 8.64. The van der Waals surface area contributed by atoms with E-state index in [9.17, 15) is 14.0 Å². The second-order valence-corrected chi connectivity index (χ2v) is 6.47. The molecule has 0 saturated heterocycles. The van der Waals surface area contributed by atoms with E-state index in [0.29, 0.717) is 19.5 Å². The van der Waals surface area contributed by atoms with Crippen molar-refractivity contribution >= 4 is 12.0 Å². The van der Waals surface area contributed by atoms with E-state index in [0.717, 1.165) is 24.0 Å². The van der Waals surface area contributed by atoms with E-state index in [4.69, 9.17) is 5.11 Å². The second kappa shape index (κ2) is 7.99. The quantitative estimate of drug-likeness (QED) is 0.798. The number of hydrogen-bond donors (Lipinski definition) is 2. The van der Waals surface area contributed by atoms with Gasteiger partial charge in [0.2, 0.25) is 0 Å². The SMILES string of the molecule is O=C(O)c1ccc(CNC(=O)N(CCc2cccc(F)c2)C2CC2)cc1. The maximum absolute atomic E-state index is 13.3. The molecule has 2 aromatic rings. The summed E-state index contributed by atoms with van der Waals surface area (Å²) in [5.41, 5.74) is 1.92. The van der Waals surface area contributed by atoms with Crippen LogP contribution in [0, 0.1) is 5.82 Å². The zero-order valence-corrected chi connectivity index (χ0v) is 14.3. The number of nitrogens with zero attached hydrogens (tertiary/aromatic N) is 1. The molecule has 0 spiro atoms. The highest BCUT2D eigenvalue weighted by atomic mass is 19.1. The lowest BCUT2D eigenvalue weighted by molar-refractivity contribution is 0.0697. The molecule has 1 fully saturated rings. The number of carboxylic acid groups (broad SMARTS) is 1. The van der Waals surface area contributed by atoms with Gasteiger partial charge in [0.15, 0.2) is 0 Å². The maximum Gasteiger partial charge on any atom is 0.335 e. The van der Waals surface area contributed by atoms with Crippen molar-refractivity contribution in [3.8, 4) is 0 Å². The molecule has 2 aromatic carbocycles. The number of rotatable bonds is 7. The molecule has 6 heteroatoms. The molecule has 3 rings (SSSR count). The predicted molar refractivity (Wildman–Crippen MR) is 95.5 cm³/mol. The Balaban J connectivity index is 1.54. The molecule has 0 radical (unpaired) electrons. The van der Waals surface area contributed by atoms with Crippen LogP contribution in [0.1, 0.15) is 34.3 Å². The smallest absolute Gasteiger partial charge is 0.335 e. The molecule has 5 nitrogen and oxygen atoms in total. The summed E-state index contributed by atoms with van der Waals surface area (Å²) in [6, 6.07) is 13.0. The number of aromatic carboxylic acids is 1. The number of benzene rings is 2. The summed E-state index contributed by atoms with van der Waals surface area (Å²) in [5.74, 6) is -1.24. The third kappa shape index (κ3) is 4.81. The van der Waals surface area contributed by atoms with Crippen LogP contribution in [0.2, 0.25) is 0 Å². The Morgan fingerprint density at radius 2 is 1.85 bits per heavy atom. The molecule has 0 aliphatic heterocycles. The summed E-state index contributed by atoms with van der Waals surface area (Å²) >= 11 is 0. The van der Waals surface area contributed by atoms with Crippen molar-refractivity contribution < 1.29 is 19.1 Å². The first-order chi connectivity index (χ1) is 12.5. The lowest BCUT2D eigenvalue weighted by Gasteiger charge is -2.23. The Labute approximate surface area is 151 Å². The van der Waals surface area contributed by atoms with Crippen molar-refractivity contribution in [2.45, 2.75) is 31.8 Å². The number of hydrogen-bond acceptors (Lipinski definition) is 2. The van der Waals surface area contributed by atoms with Gasteiger partial charge in [0.25, 0.3) is 0 Å². The number of halogens is 1. The molecule has 2 N–H and O–H groups in total. The Morgan fingerprint density at radius 3 is 2.46 bits per heavy atom. The van der Waals surface area contributed by atoms with Crippen molar-refractivity contribution in [3.05, 3.63) is 71.0 Å². The number of nitrogens with one attached hydrogen (secondary N) is 1. The van der Waals surface area contributed by atoms with Crippen LogP contribution in [0.4, 0.5) is 9.18 Å². The number of carboxylic acids is 1. The van der Waals surface area contributed by atoms with Gasteiger partial charge in [-0.2, -0.15) is 0 Å². The van der Waals surface area contributed by atoms with Gasteiger partial charge in [0.1, 0.15) is 5.82 Å². The van der Waals surface area contributed by atoms with E-state index in [-0.39, 0.29) is 23.5 Å². The Hall–Kier alpha value is -2.89. The van der Waals surface area contributed by atoms with Crippen LogP contribution in [-0.2, 0) is 13.0 Å². The fourth-order valence-electron chi connectivity index (χ4n) is 2.82. The monoisotopic (exact) mass is 356 g/mol. The van der Waals surface area contributed by atoms with Crippen LogP contribution < -0.4 is 5.32 Å². The highest BCUT2D eigenvalue weighted by molar-refractivity contribution is 5.87. The van der Waals surface area contributed by atoms with E-state index >= 15 is 0 Å². The molecule has 26 heavy (non-hydrogen) atoms. The van der Waals surface area contributed by atoms with Gasteiger partial charge < -0.3 is 15.3 Å². The minimum absolute atomic E-state index is 0.147. The largest absolute Gasteiger partial charge is 0.478 e. The van der Waals surface area contributed by atoms with E-state index in [1.54, 1.807) is 23.1 Å². The first kappa shape index (κ1) is 17.9. The van der Waals surface area contributed by atoms with Crippen molar-refractivity contribution in [1.82, 2.24) is 10.2 Å². The second-order valence-electron chi connectivity index (χ2n) is 6.47. The minimum atomic E-state index is -0.974. The molecular weight excluding hydrogens is 335 g/mol. The Kier molecular flexibility index (Phi) is 5.51. The zero-order valence-electron chi connectivity index (χ0n) is 14.3. The van der Waals surface area contributed by atoms with Crippen molar-refractivity contribution in [1.29, 1.82) is 0 Å². The van der Waals surface area contributed by atoms with Gasteiger partial charge in [-0.3, -0.25) is 0 Å². The summed E-state index contributed by atoms with van der Waals surface area (Å²) in [4.78, 5) is 25.2. The van der Waals surface area contributed by atoms with Gasteiger partial charge in [0, 0.05) is 19.1 Å². The van der Waals surface area contributed by atoms with Crippen LogP contribution in [0.15, 0.2) is 48.5 Å². The van der Waals surface area contributed by atoms with Gasteiger partial charge in [0.05, 0.1) is 5.56 Å². The zero-order chi connectivity index (χ0) is 18.5. The van der Waals surface area contributed by atoms with Gasteiger partial charge in [-0.25, -0.2) is 14.0 Å². The molecule has 0 heterocycles. The van der Waals surface area contributed by atoms with Gasteiger partial charge in [-0.15, -0.1) is 0 Å². The standard InChI is InChI=1S/C20H21FN2O3/c21-17-3-1-2-14(12-17)10-11-23(18-8-9-18)20(26)22-13-15-4-6-16(7-5-15)19(24)25/h1-7,12,18H,8-11,13H2,(H,22,26)(H,24,25). The van der Waals surface area contributed by atoms with E-state index in [1.807, 2.05) is 6.07 Å². The van der Waals surface area contributed by atoms with Crippen LogP contribution in [0.25, 0.3) is 0 Å². The van der Waals surface area contributed by atoms with E-state index in [1.165, 1.54) is 24.3 Å². The molecular formula is C20H21FN2O3. The summed E-state index contributed by atoms with van der Waals surface area (Å²) < 4.78 is 13.3. The lowest BCUT2D eigenvalue weighted by Crippen LogP contribution is -2.42. The molecule has 0 bridgehead atoms. The third-order valence-corrected chi connectivity index (χ3v) is 4.42. The fourth-order valence-corrected chi connectivity index (χ4v) is 2.82. The minimum Gasteiger partial charge on any atom is -0.478 e. The number of amides is 2. The summed E-state index contributed by atoms with van der Waals surface area (Å²) in [6.07, 6.45) is 2.59. The topological polar surface area (TPSA) is 69.6 Å². The Morgan fingerprint density at radius 1 is 1.12 bits per heavy atom. The normalized spacial score (nSPS) is 13.3.